The summed E-state index contributed by atoms with van der Waals surface area (Å²) in [4.78, 5) is 13.6. The molecule has 48 heavy (non-hydrogen) atoms. The number of rotatable bonds is 8. The van der Waals surface area contributed by atoms with Crippen molar-refractivity contribution in [2.75, 3.05) is 6.61 Å². The Morgan fingerprint density at radius 1 is 0.854 bits per heavy atom. The van der Waals surface area contributed by atoms with Gasteiger partial charge in [0.25, 0.3) is 0 Å². The number of ether oxygens (including phenoxy) is 4. The summed E-state index contributed by atoms with van der Waals surface area (Å²) in [6, 6.07) is 4.80. The fourth-order valence-electron chi connectivity index (χ4n) is 5.07. The van der Waals surface area contributed by atoms with E-state index >= 15 is 0 Å². The van der Waals surface area contributed by atoms with Gasteiger partial charge in [-0.1, -0.05) is 0 Å². The van der Waals surface area contributed by atoms with Crippen molar-refractivity contribution in [3.05, 3.63) is 40.6 Å². The Kier molecular flexibility index (Phi) is 11.6. The van der Waals surface area contributed by atoms with Gasteiger partial charge in [-0.15, -0.1) is 5.75 Å². The number of aromatic hydroxyl groups is 3. The number of phenols is 3. The summed E-state index contributed by atoms with van der Waals surface area (Å²) in [7, 11) is -5.15. The smallest absolute Gasteiger partial charge is 0.872 e. The summed E-state index contributed by atoms with van der Waals surface area (Å²) >= 11 is 0. The van der Waals surface area contributed by atoms with E-state index in [1.54, 1.807) is 0 Å². The predicted molar refractivity (Wildman–Crippen MR) is 148 cm³/mol. The third-order valence-electron chi connectivity index (χ3n) is 7.49. The molecular weight excluding hydrogens is 683 g/mol. The maximum atomic E-state index is 13.6. The first kappa shape index (κ1) is 38.0. The molecule has 2 aliphatic heterocycles. The molecule has 21 heteroatoms. The molecule has 0 amide bonds. The van der Waals surface area contributed by atoms with Gasteiger partial charge in [0.05, 0.1) is 12.7 Å². The number of hydrogen-bond donors (Lipinski definition) is 9. The molecule has 3 aromatic rings. The monoisotopic (exact) mass is 712 g/mol. The number of aliphatic hydroxyl groups excluding tert-OH is 5. The first-order chi connectivity index (χ1) is 22.0. The standard InChI is InChI=1S/C27H30O19S.Na/c1-8-17(32)24(46-47(38,39)40)22(37)26(42-8)41-7-15-18(33)20(35)21(36)27(44-15)45-25-19(34)16-13(31)5-10(28)6-14(16)43-23(25)9-2-3-11(29)12(30)4-9;/h2-6,8,15,17-18,20-22,24,26-33,35-37H,7H2,1H3,(H,38,39,40);/q;+1/p-1/t8-,15+,17-,18+,20-,21+,22+,24+,26+,27-;/m0./s1. The molecule has 0 unspecified atom stereocenters. The summed E-state index contributed by atoms with van der Waals surface area (Å²) in [5.41, 5.74) is -1.60. The van der Waals surface area contributed by atoms with Crippen molar-refractivity contribution in [3.63, 3.8) is 0 Å². The van der Waals surface area contributed by atoms with Crippen LogP contribution in [0.5, 0.6) is 28.7 Å². The van der Waals surface area contributed by atoms with Crippen molar-refractivity contribution >= 4 is 21.4 Å². The number of hydrogen-bond acceptors (Lipinski definition) is 18. The zero-order valence-electron chi connectivity index (χ0n) is 24.9. The molecule has 0 aliphatic carbocycles. The van der Waals surface area contributed by atoms with Crippen LogP contribution in [-0.2, 0) is 28.8 Å². The molecule has 5 rings (SSSR count). The summed E-state index contributed by atoms with van der Waals surface area (Å²) in [5, 5.41) is 94.1. The molecule has 1 aromatic heterocycles. The number of fused-ring (bicyclic) bond motifs is 1. The van der Waals surface area contributed by atoms with Crippen molar-refractivity contribution in [1.29, 1.82) is 0 Å². The quantitative estimate of drug-likeness (QED) is 0.0597. The van der Waals surface area contributed by atoms with Gasteiger partial charge in [-0.2, -0.15) is 8.42 Å². The second-order valence-corrected chi connectivity index (χ2v) is 11.8. The molecule has 258 valence electrons. The van der Waals surface area contributed by atoms with Crippen molar-refractivity contribution in [2.45, 2.75) is 68.3 Å². The van der Waals surface area contributed by atoms with Gasteiger partial charge < -0.3 is 69.3 Å². The Hall–Kier alpha value is -2.80. The molecular formula is C27H29NaO19S. The normalized spacial score (nSPS) is 30.9. The van der Waals surface area contributed by atoms with Gasteiger partial charge in [0.15, 0.2) is 23.5 Å². The fraction of sp³-hybridized carbons (Fsp3) is 0.444. The van der Waals surface area contributed by atoms with Gasteiger partial charge >= 0.3 is 40.0 Å². The molecule has 2 fully saturated rings. The van der Waals surface area contributed by atoms with Crippen molar-refractivity contribution in [2.24, 2.45) is 0 Å². The summed E-state index contributed by atoms with van der Waals surface area (Å²) in [5.74, 6) is -3.98. The largest absolute Gasteiger partial charge is 1.00 e. The minimum atomic E-state index is -5.15. The molecule has 0 saturated carbocycles. The number of phenolic OH excluding ortho intramolecular Hbond substituents is 3. The van der Waals surface area contributed by atoms with Gasteiger partial charge in [0, 0.05) is 5.56 Å². The fourth-order valence-corrected chi connectivity index (χ4v) is 5.57. The molecule has 3 heterocycles. The maximum Gasteiger partial charge on any atom is 1.00 e. The summed E-state index contributed by atoms with van der Waals surface area (Å²) in [6.07, 6.45) is -18.3. The average Bonchev–Trinajstić information content (AvgIpc) is 2.98. The van der Waals surface area contributed by atoms with Crippen molar-refractivity contribution < 1.29 is 116 Å². The third kappa shape index (κ3) is 7.66. The van der Waals surface area contributed by atoms with Gasteiger partial charge in [0.2, 0.25) is 17.5 Å². The van der Waals surface area contributed by atoms with E-state index in [-0.39, 0.29) is 35.1 Å². The van der Waals surface area contributed by atoms with Gasteiger partial charge in [-0.05, 0) is 37.3 Å². The third-order valence-corrected chi connectivity index (χ3v) is 7.95. The average molecular weight is 713 g/mol. The van der Waals surface area contributed by atoms with Gasteiger partial charge in [-0.3, -0.25) is 9.35 Å². The van der Waals surface area contributed by atoms with Crippen LogP contribution in [0, 0.1) is 0 Å². The zero-order valence-corrected chi connectivity index (χ0v) is 27.7. The summed E-state index contributed by atoms with van der Waals surface area (Å²) < 4.78 is 63.4. The van der Waals surface area contributed by atoms with Crippen LogP contribution in [0.15, 0.2) is 39.5 Å². The molecule has 0 radical (unpaired) electrons. The Morgan fingerprint density at radius 3 is 2.19 bits per heavy atom. The molecule has 2 aliphatic rings. The number of aliphatic hydroxyl groups is 5. The van der Waals surface area contributed by atoms with E-state index in [4.69, 9.17) is 27.9 Å². The van der Waals surface area contributed by atoms with E-state index < -0.39 is 129 Å². The topological polar surface area (TPSA) is 316 Å². The summed E-state index contributed by atoms with van der Waals surface area (Å²) in [6.45, 7) is 0.492. The van der Waals surface area contributed by atoms with Crippen LogP contribution in [0.25, 0.3) is 22.3 Å². The second kappa shape index (κ2) is 14.6. The first-order valence-corrected chi connectivity index (χ1v) is 15.0. The minimum Gasteiger partial charge on any atom is -0.872 e. The van der Waals surface area contributed by atoms with Crippen molar-refractivity contribution in [1.82, 2.24) is 0 Å². The van der Waals surface area contributed by atoms with E-state index in [1.165, 1.54) is 13.0 Å². The van der Waals surface area contributed by atoms with Crippen LogP contribution in [-0.4, -0.2) is 122 Å². The van der Waals surface area contributed by atoms with E-state index in [0.29, 0.717) is 0 Å². The zero-order chi connectivity index (χ0) is 34.5. The molecule has 9 N–H and O–H groups in total. The Labute approximate surface area is 291 Å². The van der Waals surface area contributed by atoms with E-state index in [9.17, 15) is 59.2 Å². The molecule has 0 bridgehead atoms. The predicted octanol–water partition coefficient (Wildman–Crippen LogP) is -5.49. The second-order valence-electron chi connectivity index (χ2n) is 10.8. The Balaban J connectivity index is 0.00000520. The van der Waals surface area contributed by atoms with Crippen LogP contribution >= 0.6 is 0 Å². The van der Waals surface area contributed by atoms with E-state index in [0.717, 1.165) is 24.3 Å². The van der Waals surface area contributed by atoms with Crippen LogP contribution in [0.1, 0.15) is 6.92 Å². The Bertz CT molecular complexity index is 1800. The van der Waals surface area contributed by atoms with Crippen LogP contribution in [0.3, 0.4) is 0 Å². The Morgan fingerprint density at radius 2 is 1.54 bits per heavy atom. The molecule has 19 nitrogen and oxygen atoms in total. The minimum absolute atomic E-state index is 0. The van der Waals surface area contributed by atoms with Crippen LogP contribution in [0.4, 0.5) is 0 Å². The molecule has 2 saturated heterocycles. The first-order valence-electron chi connectivity index (χ1n) is 13.6. The van der Waals surface area contributed by atoms with E-state index in [1.807, 2.05) is 0 Å². The molecule has 10 atom stereocenters. The number of benzene rings is 2. The van der Waals surface area contributed by atoms with Crippen LogP contribution < -0.4 is 44.8 Å². The molecule has 2 aromatic carbocycles. The van der Waals surface area contributed by atoms with Gasteiger partial charge in [0.1, 0.15) is 59.4 Å². The van der Waals surface area contributed by atoms with Gasteiger partial charge in [-0.25, -0.2) is 4.18 Å². The van der Waals surface area contributed by atoms with E-state index in [2.05, 4.69) is 4.18 Å². The molecule has 0 spiro atoms. The van der Waals surface area contributed by atoms with Crippen molar-refractivity contribution in [3.8, 4) is 40.1 Å². The van der Waals surface area contributed by atoms with Crippen LogP contribution in [0.2, 0.25) is 0 Å². The SMILES string of the molecule is C[C@@H]1O[C@@H](OC[C@H]2O[C@@H](Oc3c(-c4ccc(O)c(O)c4)oc4cc([O-])cc(O)c4c3=O)[C@H](O)[C@@H](O)[C@@H]2O)[C@H](O)[C@H](OS(=O)(=O)O)[C@H]1O.[Na+]. The maximum absolute atomic E-state index is 13.6.